The molecule has 2 amide bonds. The van der Waals surface area contributed by atoms with E-state index in [0.29, 0.717) is 36.6 Å². The summed E-state index contributed by atoms with van der Waals surface area (Å²) in [4.78, 5) is 33.0. The molecule has 6 heterocycles. The fourth-order valence-corrected chi connectivity index (χ4v) is 9.46. The summed E-state index contributed by atoms with van der Waals surface area (Å²) in [5.41, 5.74) is -2.02. The summed E-state index contributed by atoms with van der Waals surface area (Å²) >= 11 is 0. The van der Waals surface area contributed by atoms with E-state index in [4.69, 9.17) is 14.2 Å². The monoisotopic (exact) mass is 533 g/mol. The third kappa shape index (κ3) is 2.63. The zero-order chi connectivity index (χ0) is 27.8. The molecule has 4 unspecified atom stereocenters. The van der Waals surface area contributed by atoms with Crippen LogP contribution in [0.2, 0.25) is 0 Å². The van der Waals surface area contributed by atoms with Crippen molar-refractivity contribution in [3.63, 3.8) is 0 Å². The predicted octanol–water partition coefficient (Wildman–Crippen LogP) is 4.01. The zero-order valence-corrected chi connectivity index (χ0v) is 23.8. The minimum Gasteiger partial charge on any atom is -0.480 e. The number of amides is 2. The molecule has 5 fully saturated rings. The SMILES string of the molecule is C=CCO[C@]1(C)CCN2CC34CC5(C(=O)Nc6c5ccc5c6OC=CC(C)(C)O5)C(C)(C)C3CC21C(=O)N4C. The van der Waals surface area contributed by atoms with Gasteiger partial charge in [0.2, 0.25) is 11.8 Å². The summed E-state index contributed by atoms with van der Waals surface area (Å²) in [6, 6.07) is 3.97. The van der Waals surface area contributed by atoms with E-state index in [-0.39, 0.29) is 17.7 Å². The molecule has 1 aliphatic carbocycles. The number of benzene rings is 1. The molecule has 6 aliphatic heterocycles. The van der Waals surface area contributed by atoms with Crippen molar-refractivity contribution in [3.8, 4) is 11.5 Å². The normalized spacial score (nSPS) is 40.4. The van der Waals surface area contributed by atoms with Crippen LogP contribution in [0.5, 0.6) is 11.5 Å². The van der Waals surface area contributed by atoms with E-state index in [1.165, 1.54) is 0 Å². The minimum absolute atomic E-state index is 0.0246. The van der Waals surface area contributed by atoms with Crippen molar-refractivity contribution in [2.24, 2.45) is 11.3 Å². The van der Waals surface area contributed by atoms with Gasteiger partial charge in [-0.3, -0.25) is 14.5 Å². The first kappa shape index (κ1) is 25.1. The Hall–Kier alpha value is -2.84. The zero-order valence-electron chi connectivity index (χ0n) is 23.8. The molecule has 8 nitrogen and oxygen atoms in total. The number of rotatable bonds is 3. The third-order valence-corrected chi connectivity index (χ3v) is 11.5. The largest absolute Gasteiger partial charge is 0.480 e. The lowest BCUT2D eigenvalue weighted by Crippen LogP contribution is -2.82. The van der Waals surface area contributed by atoms with Crippen LogP contribution < -0.4 is 14.8 Å². The standard InChI is InChI=1S/C31H39N3O5/c1-8-14-38-28(6)11-13-34-18-29-17-30(27(4,5)21(29)16-31(28,34)25(36)33(29)7)19-9-10-20-23(22(19)32-24(30)35)37-15-12-26(2,3)39-20/h8-10,12,15,21H,1,11,13-14,16-18H2,2-7H3,(H,32,35)/t21?,28-,29?,30?,31?/m1/s1. The van der Waals surface area contributed by atoms with Gasteiger partial charge in [0.1, 0.15) is 11.1 Å². The van der Waals surface area contributed by atoms with E-state index < -0.39 is 33.1 Å². The van der Waals surface area contributed by atoms with Crippen LogP contribution in [-0.4, -0.2) is 70.6 Å². The van der Waals surface area contributed by atoms with Gasteiger partial charge in [-0.25, -0.2) is 0 Å². The molecule has 1 saturated carbocycles. The fourth-order valence-electron chi connectivity index (χ4n) is 9.46. The smallest absolute Gasteiger partial charge is 0.246 e. The first-order valence-corrected chi connectivity index (χ1v) is 14.1. The number of carbonyl (C=O) groups excluding carboxylic acids is 2. The first-order chi connectivity index (χ1) is 18.3. The van der Waals surface area contributed by atoms with Crippen molar-refractivity contribution in [2.45, 2.75) is 81.6 Å². The number of piperidine rings is 2. The minimum atomic E-state index is -0.824. The number of ether oxygens (including phenoxy) is 3. The van der Waals surface area contributed by atoms with Crippen LogP contribution in [-0.2, 0) is 19.7 Å². The topological polar surface area (TPSA) is 80.3 Å². The van der Waals surface area contributed by atoms with Crippen LogP contribution >= 0.6 is 0 Å². The highest BCUT2D eigenvalue weighted by Crippen LogP contribution is 2.73. The van der Waals surface area contributed by atoms with Gasteiger partial charge in [0, 0.05) is 20.1 Å². The lowest BCUT2D eigenvalue weighted by atomic mass is 9.55. The Labute approximate surface area is 230 Å². The van der Waals surface area contributed by atoms with Gasteiger partial charge < -0.3 is 24.4 Å². The van der Waals surface area contributed by atoms with Gasteiger partial charge >= 0.3 is 0 Å². The number of nitrogens with zero attached hydrogens (tertiary/aromatic N) is 2. The van der Waals surface area contributed by atoms with Crippen molar-refractivity contribution in [1.82, 2.24) is 9.80 Å². The molecule has 5 atom stereocenters. The van der Waals surface area contributed by atoms with E-state index in [1.54, 1.807) is 12.3 Å². The van der Waals surface area contributed by atoms with Crippen molar-refractivity contribution in [1.29, 1.82) is 0 Å². The van der Waals surface area contributed by atoms with Gasteiger partial charge in [-0.15, -0.1) is 6.58 Å². The molecular weight excluding hydrogens is 494 g/mol. The third-order valence-electron chi connectivity index (χ3n) is 11.5. The molecule has 0 radical (unpaired) electrons. The van der Waals surface area contributed by atoms with Crippen molar-refractivity contribution >= 4 is 17.5 Å². The second-order valence-corrected chi connectivity index (χ2v) is 13.8. The number of anilines is 1. The Bertz CT molecular complexity index is 1370. The Kier molecular flexibility index (Phi) is 4.68. The van der Waals surface area contributed by atoms with Gasteiger partial charge in [0.15, 0.2) is 11.5 Å². The summed E-state index contributed by atoms with van der Waals surface area (Å²) in [6.07, 6.45) is 7.31. The number of fused-ring (bicyclic) bond motifs is 5. The molecule has 4 saturated heterocycles. The maximum absolute atomic E-state index is 14.4. The molecule has 8 heteroatoms. The Balaban J connectivity index is 1.38. The maximum atomic E-state index is 14.4. The number of hydrogen-bond acceptors (Lipinski definition) is 6. The van der Waals surface area contributed by atoms with Crippen molar-refractivity contribution in [2.75, 3.05) is 32.1 Å². The molecule has 39 heavy (non-hydrogen) atoms. The second kappa shape index (κ2) is 7.26. The average molecular weight is 534 g/mol. The number of piperazine rings is 1. The van der Waals surface area contributed by atoms with Crippen molar-refractivity contribution < 1.29 is 23.8 Å². The van der Waals surface area contributed by atoms with Crippen LogP contribution in [0.3, 0.4) is 0 Å². The van der Waals surface area contributed by atoms with Crippen LogP contribution in [0.25, 0.3) is 0 Å². The molecule has 3 spiro atoms. The first-order valence-electron chi connectivity index (χ1n) is 14.1. The van der Waals surface area contributed by atoms with Crippen LogP contribution in [0.15, 0.2) is 37.1 Å². The fraction of sp³-hybridized carbons (Fsp3) is 0.613. The number of nitrogens with one attached hydrogen (secondary N) is 1. The maximum Gasteiger partial charge on any atom is 0.246 e. The van der Waals surface area contributed by atoms with Gasteiger partial charge in [0.05, 0.1) is 35.1 Å². The Morgan fingerprint density at radius 2 is 1.97 bits per heavy atom. The van der Waals surface area contributed by atoms with Gasteiger partial charge in [0.25, 0.3) is 0 Å². The highest BCUT2D eigenvalue weighted by atomic mass is 16.5. The van der Waals surface area contributed by atoms with Crippen LogP contribution in [0.4, 0.5) is 5.69 Å². The van der Waals surface area contributed by atoms with Gasteiger partial charge in [-0.2, -0.15) is 0 Å². The summed E-state index contributed by atoms with van der Waals surface area (Å²) in [7, 11) is 1.95. The predicted molar refractivity (Wildman–Crippen MR) is 147 cm³/mol. The van der Waals surface area contributed by atoms with Crippen LogP contribution in [0, 0.1) is 11.3 Å². The van der Waals surface area contributed by atoms with E-state index in [2.05, 4.69) is 37.6 Å². The summed E-state index contributed by atoms with van der Waals surface area (Å²) in [5, 5.41) is 3.22. The lowest BCUT2D eigenvalue weighted by molar-refractivity contribution is -0.212. The van der Waals surface area contributed by atoms with Crippen LogP contribution in [0.1, 0.15) is 59.4 Å². The van der Waals surface area contributed by atoms with Crippen molar-refractivity contribution in [3.05, 3.63) is 42.7 Å². The van der Waals surface area contributed by atoms with E-state index in [9.17, 15) is 9.59 Å². The molecule has 8 rings (SSSR count). The number of hydrogen-bond donors (Lipinski definition) is 1. The average Bonchev–Trinajstić information content (AvgIpc) is 3.35. The number of carbonyl (C=O) groups is 2. The molecule has 1 aromatic carbocycles. The lowest BCUT2D eigenvalue weighted by Gasteiger charge is -2.66. The molecular formula is C31H39N3O5. The molecule has 208 valence electrons. The highest BCUT2D eigenvalue weighted by molar-refractivity contribution is 6.09. The summed E-state index contributed by atoms with van der Waals surface area (Å²) in [5.74, 6) is 1.34. The summed E-state index contributed by atoms with van der Waals surface area (Å²) in [6.45, 7) is 16.3. The second-order valence-electron chi connectivity index (χ2n) is 13.8. The quantitative estimate of drug-likeness (QED) is 0.592. The molecule has 0 aromatic heterocycles. The van der Waals surface area contributed by atoms with E-state index in [0.717, 1.165) is 25.1 Å². The van der Waals surface area contributed by atoms with E-state index in [1.807, 2.05) is 44.0 Å². The number of likely N-dealkylation sites (N-methyl/N-ethyl adjacent to an activating group) is 1. The van der Waals surface area contributed by atoms with E-state index >= 15 is 0 Å². The van der Waals surface area contributed by atoms with Gasteiger partial charge in [-0.05, 0) is 69.1 Å². The molecule has 1 N–H and O–H groups in total. The highest BCUT2D eigenvalue weighted by Gasteiger charge is 2.82. The van der Waals surface area contributed by atoms with Gasteiger partial charge in [-0.1, -0.05) is 26.0 Å². The summed E-state index contributed by atoms with van der Waals surface area (Å²) < 4.78 is 18.7. The molecule has 1 aromatic rings. The molecule has 2 bridgehead atoms. The Morgan fingerprint density at radius 1 is 1.21 bits per heavy atom. The Morgan fingerprint density at radius 3 is 2.72 bits per heavy atom. The molecule has 7 aliphatic rings.